The number of aryl methyl sites for hydroxylation is 1. The zero-order chi connectivity index (χ0) is 16.3. The van der Waals surface area contributed by atoms with E-state index >= 15 is 0 Å². The van der Waals surface area contributed by atoms with Crippen molar-refractivity contribution < 1.29 is 19.5 Å². The number of carbonyl (C=O) groups excluding carboxylic acids is 3. The molecular weight excluding hydrogens is 286 g/mol. The molecule has 0 radical (unpaired) electrons. The summed E-state index contributed by atoms with van der Waals surface area (Å²) in [4.78, 5) is 41.6. The number of nitrogens with one attached hydrogen (secondary N) is 1. The molecule has 0 unspecified atom stereocenters. The summed E-state index contributed by atoms with van der Waals surface area (Å²) in [6.45, 7) is 3.22. The van der Waals surface area contributed by atoms with E-state index in [0.29, 0.717) is 5.69 Å². The molecule has 1 atom stereocenters. The Morgan fingerprint density at radius 1 is 1.32 bits per heavy atom. The highest BCUT2D eigenvalue weighted by Gasteiger charge is 2.43. The van der Waals surface area contributed by atoms with Crippen molar-refractivity contribution in [3.8, 4) is 0 Å². The summed E-state index contributed by atoms with van der Waals surface area (Å²) in [5.41, 5.74) is 1.43. The monoisotopic (exact) mass is 303 g/mol. The standard InChI is InChI=1S/C15H17N3O4/c1-9-5-3-4-6-11(9)18-14(21)12(10(2)16-7-8-19)13(20)17-15(18)22/h3-6,12,19H,7-8H2,1-2H3,(H,17,20,22)/t12-/m0/s1. The molecule has 1 aromatic rings. The van der Waals surface area contributed by atoms with Gasteiger partial charge >= 0.3 is 6.03 Å². The van der Waals surface area contributed by atoms with Crippen LogP contribution in [0, 0.1) is 12.8 Å². The van der Waals surface area contributed by atoms with Crippen LogP contribution >= 0.6 is 0 Å². The number of hydrogen-bond acceptors (Lipinski definition) is 5. The van der Waals surface area contributed by atoms with E-state index in [9.17, 15) is 14.4 Å². The number of imide groups is 2. The van der Waals surface area contributed by atoms with Crippen molar-refractivity contribution in [3.63, 3.8) is 0 Å². The lowest BCUT2D eigenvalue weighted by molar-refractivity contribution is -0.131. The minimum atomic E-state index is -1.16. The molecule has 0 saturated carbocycles. The van der Waals surface area contributed by atoms with Crippen LogP contribution in [0.2, 0.25) is 0 Å². The van der Waals surface area contributed by atoms with Crippen LogP contribution in [-0.2, 0) is 9.59 Å². The summed E-state index contributed by atoms with van der Waals surface area (Å²) in [6, 6.07) is 6.15. The molecule has 2 N–H and O–H groups in total. The normalized spacial score (nSPS) is 19.4. The molecule has 1 aliphatic rings. The fourth-order valence-corrected chi connectivity index (χ4v) is 2.30. The van der Waals surface area contributed by atoms with Crippen molar-refractivity contribution in [3.05, 3.63) is 29.8 Å². The fraction of sp³-hybridized carbons (Fsp3) is 0.333. The van der Waals surface area contributed by atoms with Crippen molar-refractivity contribution in [2.45, 2.75) is 13.8 Å². The van der Waals surface area contributed by atoms with Gasteiger partial charge in [0.15, 0.2) is 5.92 Å². The van der Waals surface area contributed by atoms with Crippen LogP contribution in [0.15, 0.2) is 29.3 Å². The Labute approximate surface area is 127 Å². The predicted molar refractivity (Wildman–Crippen MR) is 80.8 cm³/mol. The third kappa shape index (κ3) is 2.89. The van der Waals surface area contributed by atoms with Crippen LogP contribution in [-0.4, -0.2) is 41.8 Å². The van der Waals surface area contributed by atoms with Crippen molar-refractivity contribution in [2.75, 3.05) is 18.1 Å². The second kappa shape index (κ2) is 6.48. The van der Waals surface area contributed by atoms with Crippen LogP contribution in [0.5, 0.6) is 0 Å². The first-order valence-electron chi connectivity index (χ1n) is 6.83. The maximum atomic E-state index is 12.6. The second-order valence-electron chi connectivity index (χ2n) is 4.93. The average molecular weight is 303 g/mol. The summed E-state index contributed by atoms with van der Waals surface area (Å²) in [7, 11) is 0. The van der Waals surface area contributed by atoms with Crippen molar-refractivity contribution in [1.29, 1.82) is 0 Å². The number of carbonyl (C=O) groups is 3. The average Bonchev–Trinajstić information content (AvgIpc) is 2.46. The number of nitrogens with zero attached hydrogens (tertiary/aromatic N) is 2. The van der Waals surface area contributed by atoms with Crippen molar-refractivity contribution >= 4 is 29.2 Å². The maximum absolute atomic E-state index is 12.6. The third-order valence-electron chi connectivity index (χ3n) is 3.40. The molecule has 4 amide bonds. The Hall–Kier alpha value is -2.54. The Kier molecular flexibility index (Phi) is 4.67. The second-order valence-corrected chi connectivity index (χ2v) is 4.93. The van der Waals surface area contributed by atoms with E-state index in [0.717, 1.165) is 10.5 Å². The number of benzene rings is 1. The Morgan fingerprint density at radius 3 is 2.64 bits per heavy atom. The van der Waals surface area contributed by atoms with Crippen LogP contribution in [0.3, 0.4) is 0 Å². The molecule has 116 valence electrons. The molecule has 1 heterocycles. The summed E-state index contributed by atoms with van der Waals surface area (Å²) in [5.74, 6) is -2.50. The molecule has 22 heavy (non-hydrogen) atoms. The van der Waals surface area contributed by atoms with Gasteiger partial charge in [0.25, 0.3) is 5.91 Å². The lowest BCUT2D eigenvalue weighted by Gasteiger charge is -2.30. The van der Waals surface area contributed by atoms with Gasteiger partial charge in [-0.1, -0.05) is 18.2 Å². The summed E-state index contributed by atoms with van der Waals surface area (Å²) in [6.07, 6.45) is 0. The number of para-hydroxylation sites is 1. The third-order valence-corrected chi connectivity index (χ3v) is 3.40. The number of aliphatic hydroxyl groups is 1. The van der Waals surface area contributed by atoms with Gasteiger partial charge in [-0.3, -0.25) is 19.9 Å². The molecule has 1 aromatic carbocycles. The number of rotatable bonds is 4. The van der Waals surface area contributed by atoms with Crippen molar-refractivity contribution in [1.82, 2.24) is 5.32 Å². The van der Waals surface area contributed by atoms with E-state index in [4.69, 9.17) is 5.11 Å². The largest absolute Gasteiger partial charge is 0.394 e. The highest BCUT2D eigenvalue weighted by Crippen LogP contribution is 2.24. The van der Waals surface area contributed by atoms with Crippen LogP contribution < -0.4 is 10.2 Å². The number of barbiturate groups is 1. The lowest BCUT2D eigenvalue weighted by atomic mass is 9.98. The van der Waals surface area contributed by atoms with Crippen molar-refractivity contribution in [2.24, 2.45) is 10.9 Å². The number of amides is 4. The Balaban J connectivity index is 2.40. The predicted octanol–water partition coefficient (Wildman–Crippen LogP) is 0.647. The maximum Gasteiger partial charge on any atom is 0.335 e. The molecule has 0 spiro atoms. The lowest BCUT2D eigenvalue weighted by Crippen LogP contribution is -2.60. The molecule has 0 bridgehead atoms. The zero-order valence-corrected chi connectivity index (χ0v) is 12.4. The summed E-state index contributed by atoms with van der Waals surface area (Å²) >= 11 is 0. The number of aliphatic imine (C=N–C) groups is 1. The van der Waals surface area contributed by atoms with Gasteiger partial charge in [-0.15, -0.1) is 0 Å². The first-order valence-corrected chi connectivity index (χ1v) is 6.83. The number of hydrogen-bond donors (Lipinski definition) is 2. The van der Waals surface area contributed by atoms with Crippen LogP contribution in [0.1, 0.15) is 12.5 Å². The van der Waals surface area contributed by atoms with E-state index in [1.807, 2.05) is 0 Å². The van der Waals surface area contributed by atoms with E-state index < -0.39 is 23.8 Å². The topological polar surface area (TPSA) is 99.1 Å². The highest BCUT2D eigenvalue weighted by atomic mass is 16.3. The van der Waals surface area contributed by atoms with E-state index in [-0.39, 0.29) is 18.9 Å². The minimum Gasteiger partial charge on any atom is -0.394 e. The molecule has 1 aliphatic heterocycles. The van der Waals surface area contributed by atoms with Gasteiger partial charge < -0.3 is 5.11 Å². The fourth-order valence-electron chi connectivity index (χ4n) is 2.30. The van der Waals surface area contributed by atoms with Crippen LogP contribution in [0.25, 0.3) is 0 Å². The quantitative estimate of drug-likeness (QED) is 0.630. The Morgan fingerprint density at radius 2 is 2.00 bits per heavy atom. The molecule has 1 saturated heterocycles. The van der Waals surface area contributed by atoms with E-state index in [1.165, 1.54) is 6.92 Å². The number of anilines is 1. The summed E-state index contributed by atoms with van der Waals surface area (Å²) < 4.78 is 0. The number of urea groups is 1. The zero-order valence-electron chi connectivity index (χ0n) is 12.4. The van der Waals surface area contributed by atoms with E-state index in [2.05, 4.69) is 10.3 Å². The first kappa shape index (κ1) is 15.8. The van der Waals surface area contributed by atoms with Gasteiger partial charge in [-0.25, -0.2) is 9.69 Å². The van der Waals surface area contributed by atoms with Gasteiger partial charge in [0.2, 0.25) is 5.91 Å². The molecular formula is C15H17N3O4. The smallest absolute Gasteiger partial charge is 0.335 e. The van der Waals surface area contributed by atoms with Gasteiger partial charge in [-0.2, -0.15) is 0 Å². The molecule has 0 aromatic heterocycles. The molecule has 1 fully saturated rings. The first-order chi connectivity index (χ1) is 10.5. The Bertz CT molecular complexity index is 654. The van der Waals surface area contributed by atoms with Gasteiger partial charge in [-0.05, 0) is 25.5 Å². The minimum absolute atomic E-state index is 0.0984. The molecule has 2 rings (SSSR count). The molecule has 0 aliphatic carbocycles. The SMILES string of the molecule is CC(=NCCO)[C@H]1C(=O)NC(=O)N(c2ccccc2C)C1=O. The highest BCUT2D eigenvalue weighted by molar-refractivity contribution is 6.35. The van der Waals surface area contributed by atoms with Gasteiger partial charge in [0.1, 0.15) is 0 Å². The summed E-state index contributed by atoms with van der Waals surface area (Å²) in [5, 5.41) is 11.0. The van der Waals surface area contributed by atoms with Gasteiger partial charge in [0, 0.05) is 5.71 Å². The van der Waals surface area contributed by atoms with E-state index in [1.54, 1.807) is 31.2 Å². The molecule has 7 nitrogen and oxygen atoms in total. The van der Waals surface area contributed by atoms with Gasteiger partial charge in [0.05, 0.1) is 18.8 Å². The number of aliphatic hydroxyl groups excluding tert-OH is 1. The van der Waals surface area contributed by atoms with Crippen LogP contribution in [0.4, 0.5) is 10.5 Å². The molecule has 7 heteroatoms.